The molecule has 0 aliphatic rings. The highest BCUT2D eigenvalue weighted by Crippen LogP contribution is 2.30. The van der Waals surface area contributed by atoms with Crippen LogP contribution >= 0.6 is 11.6 Å². The van der Waals surface area contributed by atoms with Gasteiger partial charge < -0.3 is 0 Å². The van der Waals surface area contributed by atoms with Crippen LogP contribution in [0.4, 0.5) is 8.78 Å². The van der Waals surface area contributed by atoms with Gasteiger partial charge >= 0.3 is 5.69 Å². The molecule has 158 valence electrons. The van der Waals surface area contributed by atoms with E-state index in [-0.39, 0.29) is 12.3 Å². The van der Waals surface area contributed by atoms with Crippen LogP contribution in [-0.2, 0) is 6.54 Å². The minimum atomic E-state index is -0.437. The number of halogens is 3. The fraction of sp³-hybridized carbons (Fsp3) is 0.0435. The maximum absolute atomic E-state index is 13.6. The Bertz CT molecular complexity index is 1480. The Balaban J connectivity index is 1.74. The highest BCUT2D eigenvalue weighted by Gasteiger charge is 2.20. The van der Waals surface area contributed by atoms with E-state index in [1.807, 2.05) is 0 Å². The highest BCUT2D eigenvalue weighted by molar-refractivity contribution is 6.30. The Hall–Kier alpha value is -3.91. The van der Waals surface area contributed by atoms with E-state index in [0.29, 0.717) is 27.5 Å². The molecular formula is C23H14ClF2N5O. The number of fused-ring (bicyclic) bond motifs is 1. The van der Waals surface area contributed by atoms with Crippen molar-refractivity contribution in [2.24, 2.45) is 0 Å². The number of hydrogen-bond acceptors (Lipinski definition) is 4. The van der Waals surface area contributed by atoms with Gasteiger partial charge in [-0.05, 0) is 66.2 Å². The van der Waals surface area contributed by atoms with E-state index in [1.165, 1.54) is 33.3 Å². The lowest BCUT2D eigenvalue weighted by Gasteiger charge is -2.10. The zero-order valence-corrected chi connectivity index (χ0v) is 17.2. The van der Waals surface area contributed by atoms with Gasteiger partial charge in [0.1, 0.15) is 17.3 Å². The molecule has 0 N–H and O–H groups in total. The molecule has 5 aromatic rings. The smallest absolute Gasteiger partial charge is 0.245 e. The lowest BCUT2D eigenvalue weighted by molar-refractivity contribution is 0.627. The first-order valence-electron chi connectivity index (χ1n) is 9.62. The molecule has 0 fully saturated rings. The summed E-state index contributed by atoms with van der Waals surface area (Å²) in [6.07, 6.45) is 0. The Morgan fingerprint density at radius 3 is 2.00 bits per heavy atom. The quantitative estimate of drug-likeness (QED) is 0.402. The SMILES string of the molecule is O=c1n(Cc2ccc(Cl)cc2)nc2nnc(-c3ccc(F)cc3)c(-c3ccc(F)cc3)n12. The summed E-state index contributed by atoms with van der Waals surface area (Å²) < 4.78 is 29.6. The number of nitrogens with zero attached hydrogens (tertiary/aromatic N) is 5. The van der Waals surface area contributed by atoms with Crippen molar-refractivity contribution in [2.75, 3.05) is 0 Å². The van der Waals surface area contributed by atoms with Crippen molar-refractivity contribution in [1.29, 1.82) is 0 Å². The number of hydrogen-bond donors (Lipinski definition) is 0. The summed E-state index contributed by atoms with van der Waals surface area (Å²) >= 11 is 5.94. The van der Waals surface area contributed by atoms with E-state index in [2.05, 4.69) is 15.3 Å². The summed E-state index contributed by atoms with van der Waals surface area (Å²) in [4.78, 5) is 13.3. The Morgan fingerprint density at radius 2 is 1.38 bits per heavy atom. The second-order valence-electron chi connectivity index (χ2n) is 7.11. The van der Waals surface area contributed by atoms with Crippen LogP contribution in [0.1, 0.15) is 5.56 Å². The van der Waals surface area contributed by atoms with E-state index in [0.717, 1.165) is 5.56 Å². The summed E-state index contributed by atoms with van der Waals surface area (Å²) in [5.74, 6) is -0.727. The zero-order valence-electron chi connectivity index (χ0n) is 16.4. The second-order valence-corrected chi connectivity index (χ2v) is 7.55. The van der Waals surface area contributed by atoms with Crippen LogP contribution in [0.2, 0.25) is 5.02 Å². The molecule has 5 rings (SSSR count). The van der Waals surface area contributed by atoms with Crippen molar-refractivity contribution in [3.63, 3.8) is 0 Å². The summed E-state index contributed by atoms with van der Waals surface area (Å²) in [6, 6.07) is 18.4. The minimum absolute atomic E-state index is 0.0918. The molecule has 0 unspecified atom stereocenters. The van der Waals surface area contributed by atoms with Gasteiger partial charge in [0.05, 0.1) is 12.2 Å². The number of benzene rings is 3. The fourth-order valence-electron chi connectivity index (χ4n) is 3.45. The second kappa shape index (κ2) is 7.97. The molecule has 0 aliphatic heterocycles. The van der Waals surface area contributed by atoms with Crippen LogP contribution in [0.15, 0.2) is 77.6 Å². The topological polar surface area (TPSA) is 65.1 Å². The Labute approximate surface area is 185 Å². The first-order chi connectivity index (χ1) is 15.5. The van der Waals surface area contributed by atoms with E-state index < -0.39 is 17.3 Å². The Morgan fingerprint density at radius 1 is 0.781 bits per heavy atom. The van der Waals surface area contributed by atoms with Crippen molar-refractivity contribution >= 4 is 17.4 Å². The van der Waals surface area contributed by atoms with Gasteiger partial charge in [0.25, 0.3) is 5.78 Å². The van der Waals surface area contributed by atoms with Crippen LogP contribution in [0.5, 0.6) is 0 Å². The Kier molecular flexibility index (Phi) is 4.99. The fourth-order valence-corrected chi connectivity index (χ4v) is 3.57. The van der Waals surface area contributed by atoms with Crippen LogP contribution in [0.25, 0.3) is 28.3 Å². The molecule has 0 radical (unpaired) electrons. The maximum Gasteiger partial charge on any atom is 0.352 e. The van der Waals surface area contributed by atoms with Crippen LogP contribution < -0.4 is 5.69 Å². The molecule has 0 atom stereocenters. The molecular weight excluding hydrogens is 436 g/mol. The zero-order chi connectivity index (χ0) is 22.2. The molecule has 0 aliphatic carbocycles. The first kappa shape index (κ1) is 20.0. The molecule has 0 saturated carbocycles. The van der Waals surface area contributed by atoms with Crippen molar-refractivity contribution < 1.29 is 8.78 Å². The van der Waals surface area contributed by atoms with E-state index in [1.54, 1.807) is 48.5 Å². The lowest BCUT2D eigenvalue weighted by Crippen LogP contribution is -2.23. The normalized spacial score (nSPS) is 11.2. The molecule has 6 nitrogen and oxygen atoms in total. The predicted octanol–water partition coefficient (Wildman–Crippen LogP) is 4.60. The average molecular weight is 450 g/mol. The van der Waals surface area contributed by atoms with Crippen molar-refractivity contribution in [3.05, 3.63) is 106 Å². The molecule has 0 spiro atoms. The number of aromatic nitrogens is 5. The van der Waals surface area contributed by atoms with Gasteiger partial charge in [-0.15, -0.1) is 15.3 Å². The minimum Gasteiger partial charge on any atom is -0.245 e. The largest absolute Gasteiger partial charge is 0.352 e. The van der Waals surface area contributed by atoms with Gasteiger partial charge in [0.15, 0.2) is 0 Å². The van der Waals surface area contributed by atoms with Gasteiger partial charge in [-0.3, -0.25) is 0 Å². The third kappa shape index (κ3) is 3.65. The van der Waals surface area contributed by atoms with Crippen molar-refractivity contribution in [2.45, 2.75) is 6.54 Å². The molecule has 3 aromatic carbocycles. The maximum atomic E-state index is 13.6. The molecule has 0 bridgehead atoms. The summed E-state index contributed by atoms with van der Waals surface area (Å²) in [5, 5.41) is 13.3. The van der Waals surface area contributed by atoms with Crippen LogP contribution in [0.3, 0.4) is 0 Å². The third-order valence-corrected chi connectivity index (χ3v) is 5.24. The molecule has 2 heterocycles. The molecule has 0 saturated heterocycles. The van der Waals surface area contributed by atoms with Gasteiger partial charge in [0.2, 0.25) is 0 Å². The lowest BCUT2D eigenvalue weighted by atomic mass is 10.0. The van der Waals surface area contributed by atoms with Gasteiger partial charge in [-0.1, -0.05) is 23.7 Å². The summed E-state index contributed by atoms with van der Waals surface area (Å²) in [7, 11) is 0. The van der Waals surface area contributed by atoms with Crippen molar-refractivity contribution in [1.82, 2.24) is 24.4 Å². The third-order valence-electron chi connectivity index (χ3n) is 4.99. The predicted molar refractivity (Wildman–Crippen MR) is 116 cm³/mol. The monoisotopic (exact) mass is 449 g/mol. The highest BCUT2D eigenvalue weighted by atomic mass is 35.5. The van der Waals surface area contributed by atoms with E-state index in [9.17, 15) is 13.6 Å². The van der Waals surface area contributed by atoms with E-state index in [4.69, 9.17) is 11.6 Å². The summed E-state index contributed by atoms with van der Waals surface area (Å²) in [5.41, 5.74) is 2.21. The average Bonchev–Trinajstić information content (AvgIpc) is 3.11. The van der Waals surface area contributed by atoms with Gasteiger partial charge in [-0.25, -0.2) is 22.7 Å². The van der Waals surface area contributed by atoms with Crippen molar-refractivity contribution in [3.8, 4) is 22.5 Å². The molecule has 32 heavy (non-hydrogen) atoms. The molecule has 9 heteroatoms. The summed E-state index contributed by atoms with van der Waals surface area (Å²) in [6.45, 7) is 0.202. The van der Waals surface area contributed by atoms with Gasteiger partial charge in [-0.2, -0.15) is 0 Å². The molecule has 2 aromatic heterocycles. The van der Waals surface area contributed by atoms with Crippen LogP contribution in [-0.4, -0.2) is 24.4 Å². The standard InChI is InChI=1S/C23H14ClF2N5O/c24-17-7-1-14(2-8-17)13-30-23(32)31-21(16-5-11-19(26)12-6-16)20(27-28-22(31)29-30)15-3-9-18(25)10-4-15/h1-12H,13H2. The first-order valence-corrected chi connectivity index (χ1v) is 10.00. The van der Waals surface area contributed by atoms with E-state index >= 15 is 0 Å². The molecule has 0 amide bonds. The number of rotatable bonds is 4. The van der Waals surface area contributed by atoms with Crippen LogP contribution in [0, 0.1) is 11.6 Å². The van der Waals surface area contributed by atoms with Gasteiger partial charge in [0, 0.05) is 16.1 Å².